The highest BCUT2D eigenvalue weighted by Crippen LogP contribution is 2.39. The van der Waals surface area contributed by atoms with Crippen LogP contribution < -0.4 is 9.47 Å². The lowest BCUT2D eigenvalue weighted by Crippen LogP contribution is -2.39. The van der Waals surface area contributed by atoms with E-state index >= 15 is 0 Å². The standard InChI is InChI=1S/C22H26ClNO4/c1-3-28-18-6-4-5-16(13-18)21(19-14-17(23)7-8-20(19)27-2)24-11-9-15(10-12-24)22(25)26/h4-8,13-15,21H,3,9-12H2,1-2H3,(H,25,26). The van der Waals surface area contributed by atoms with Crippen LogP contribution in [0.25, 0.3) is 0 Å². The molecule has 2 aromatic rings. The van der Waals surface area contributed by atoms with Crippen LogP contribution in [0.15, 0.2) is 42.5 Å². The van der Waals surface area contributed by atoms with Crippen LogP contribution in [0.4, 0.5) is 0 Å². The molecule has 2 aromatic carbocycles. The molecule has 1 heterocycles. The van der Waals surface area contributed by atoms with Crippen molar-refractivity contribution in [3.63, 3.8) is 0 Å². The molecule has 1 aliphatic rings. The van der Waals surface area contributed by atoms with Crippen molar-refractivity contribution in [1.29, 1.82) is 0 Å². The largest absolute Gasteiger partial charge is 0.496 e. The molecular formula is C22H26ClNO4. The molecule has 1 atom stereocenters. The third-order valence-corrected chi connectivity index (χ3v) is 5.45. The second-order valence-corrected chi connectivity index (χ2v) is 7.38. The second-order valence-electron chi connectivity index (χ2n) is 6.94. The van der Waals surface area contributed by atoms with E-state index in [-0.39, 0.29) is 12.0 Å². The first-order valence-electron chi connectivity index (χ1n) is 9.56. The summed E-state index contributed by atoms with van der Waals surface area (Å²) in [7, 11) is 1.65. The number of nitrogens with zero attached hydrogens (tertiary/aromatic N) is 1. The van der Waals surface area contributed by atoms with Gasteiger partial charge in [0.05, 0.1) is 25.7 Å². The molecule has 0 aliphatic carbocycles. The van der Waals surface area contributed by atoms with Gasteiger partial charge in [0.2, 0.25) is 0 Å². The Hall–Kier alpha value is -2.24. The van der Waals surface area contributed by atoms with Crippen molar-refractivity contribution in [1.82, 2.24) is 4.90 Å². The minimum atomic E-state index is -0.713. The Bertz CT molecular complexity index is 818. The van der Waals surface area contributed by atoms with E-state index in [1.807, 2.05) is 43.3 Å². The molecule has 0 radical (unpaired) electrons. The van der Waals surface area contributed by atoms with Gasteiger partial charge in [-0.1, -0.05) is 23.7 Å². The number of carbonyl (C=O) groups is 1. The van der Waals surface area contributed by atoms with Crippen molar-refractivity contribution in [2.24, 2.45) is 5.92 Å². The molecule has 1 aliphatic heterocycles. The number of carboxylic acid groups (broad SMARTS) is 1. The molecule has 6 heteroatoms. The van der Waals surface area contributed by atoms with Crippen molar-refractivity contribution < 1.29 is 19.4 Å². The average molecular weight is 404 g/mol. The summed E-state index contributed by atoms with van der Waals surface area (Å²) in [6, 6.07) is 13.6. The van der Waals surface area contributed by atoms with Gasteiger partial charge >= 0.3 is 5.97 Å². The predicted octanol–water partition coefficient (Wildman–Crippen LogP) is 4.63. The van der Waals surface area contributed by atoms with E-state index in [1.54, 1.807) is 7.11 Å². The van der Waals surface area contributed by atoms with Gasteiger partial charge in [0.25, 0.3) is 0 Å². The Kier molecular flexibility index (Phi) is 6.81. The van der Waals surface area contributed by atoms with E-state index in [2.05, 4.69) is 11.0 Å². The lowest BCUT2D eigenvalue weighted by molar-refractivity contribution is -0.143. The first-order valence-corrected chi connectivity index (χ1v) is 9.94. The van der Waals surface area contributed by atoms with Crippen molar-refractivity contribution in [2.45, 2.75) is 25.8 Å². The SMILES string of the molecule is CCOc1cccc(C(c2cc(Cl)ccc2OC)N2CCC(C(=O)O)CC2)c1. The van der Waals surface area contributed by atoms with Gasteiger partial charge in [0.1, 0.15) is 11.5 Å². The number of halogens is 1. The second kappa shape index (κ2) is 9.30. The molecule has 1 saturated heterocycles. The quantitative estimate of drug-likeness (QED) is 0.730. The fraction of sp³-hybridized carbons (Fsp3) is 0.409. The monoisotopic (exact) mass is 403 g/mol. The van der Waals surface area contributed by atoms with Crippen LogP contribution in [0, 0.1) is 5.92 Å². The zero-order valence-electron chi connectivity index (χ0n) is 16.2. The minimum Gasteiger partial charge on any atom is -0.496 e. The Balaban J connectivity index is 2.01. The summed E-state index contributed by atoms with van der Waals surface area (Å²) in [5.74, 6) is 0.575. The van der Waals surface area contributed by atoms with Gasteiger partial charge in [-0.15, -0.1) is 0 Å². The van der Waals surface area contributed by atoms with Gasteiger partial charge in [-0.2, -0.15) is 0 Å². The first-order chi connectivity index (χ1) is 13.5. The van der Waals surface area contributed by atoms with E-state index < -0.39 is 5.97 Å². The van der Waals surface area contributed by atoms with Gasteiger partial charge in [-0.05, 0) is 68.8 Å². The third-order valence-electron chi connectivity index (χ3n) is 5.22. The number of carboxylic acids is 1. The highest BCUT2D eigenvalue weighted by atomic mass is 35.5. The highest BCUT2D eigenvalue weighted by molar-refractivity contribution is 6.30. The lowest BCUT2D eigenvalue weighted by atomic mass is 9.91. The summed E-state index contributed by atoms with van der Waals surface area (Å²) in [6.45, 7) is 3.94. The van der Waals surface area contributed by atoms with E-state index in [0.717, 1.165) is 22.6 Å². The third kappa shape index (κ3) is 4.59. The molecular weight excluding hydrogens is 378 g/mol. The number of hydrogen-bond donors (Lipinski definition) is 1. The maximum absolute atomic E-state index is 11.4. The maximum atomic E-state index is 11.4. The molecule has 0 amide bonds. The first kappa shape index (κ1) is 20.5. The Morgan fingerprint density at radius 3 is 2.64 bits per heavy atom. The van der Waals surface area contributed by atoms with Crippen LogP contribution in [0.2, 0.25) is 5.02 Å². The number of likely N-dealkylation sites (tertiary alicyclic amines) is 1. The predicted molar refractivity (Wildman–Crippen MR) is 109 cm³/mol. The van der Waals surface area contributed by atoms with Crippen LogP contribution >= 0.6 is 11.6 Å². The van der Waals surface area contributed by atoms with Crippen molar-refractivity contribution >= 4 is 17.6 Å². The summed E-state index contributed by atoms with van der Waals surface area (Å²) >= 11 is 6.31. The molecule has 5 nitrogen and oxygen atoms in total. The Morgan fingerprint density at radius 2 is 2.00 bits per heavy atom. The molecule has 3 rings (SSSR count). The van der Waals surface area contributed by atoms with Crippen LogP contribution in [0.3, 0.4) is 0 Å². The van der Waals surface area contributed by atoms with Crippen LogP contribution in [-0.2, 0) is 4.79 Å². The summed E-state index contributed by atoms with van der Waals surface area (Å²) in [5, 5.41) is 9.98. The zero-order valence-corrected chi connectivity index (χ0v) is 17.0. The van der Waals surface area contributed by atoms with E-state index in [9.17, 15) is 9.90 Å². The fourth-order valence-corrected chi connectivity index (χ4v) is 4.03. The lowest BCUT2D eigenvalue weighted by Gasteiger charge is -2.37. The van der Waals surface area contributed by atoms with Gasteiger partial charge in [0.15, 0.2) is 0 Å². The number of aliphatic carboxylic acids is 1. The average Bonchev–Trinajstić information content (AvgIpc) is 2.69. The van der Waals surface area contributed by atoms with E-state index in [4.69, 9.17) is 21.1 Å². The Labute approximate surface area is 170 Å². The molecule has 0 spiro atoms. The molecule has 1 fully saturated rings. The van der Waals surface area contributed by atoms with E-state index in [0.29, 0.717) is 37.6 Å². The number of benzene rings is 2. The smallest absolute Gasteiger partial charge is 0.306 e. The maximum Gasteiger partial charge on any atom is 0.306 e. The normalized spacial score (nSPS) is 16.5. The van der Waals surface area contributed by atoms with E-state index in [1.165, 1.54) is 0 Å². The minimum absolute atomic E-state index is 0.0937. The number of hydrogen-bond acceptors (Lipinski definition) is 4. The van der Waals surface area contributed by atoms with Crippen molar-refractivity contribution in [3.8, 4) is 11.5 Å². The van der Waals surface area contributed by atoms with Crippen molar-refractivity contribution in [3.05, 3.63) is 58.6 Å². The number of methoxy groups -OCH3 is 1. The summed E-state index contributed by atoms with van der Waals surface area (Å²) in [4.78, 5) is 13.7. The van der Waals surface area contributed by atoms with Gasteiger partial charge in [-0.25, -0.2) is 0 Å². The van der Waals surface area contributed by atoms with Crippen LogP contribution in [0.1, 0.15) is 36.9 Å². The highest BCUT2D eigenvalue weighted by Gasteiger charge is 2.31. The summed E-state index contributed by atoms with van der Waals surface area (Å²) in [5.41, 5.74) is 2.04. The molecule has 0 bridgehead atoms. The topological polar surface area (TPSA) is 59.0 Å². The fourth-order valence-electron chi connectivity index (χ4n) is 3.85. The number of rotatable bonds is 7. The number of piperidine rings is 1. The molecule has 28 heavy (non-hydrogen) atoms. The Morgan fingerprint density at radius 1 is 1.25 bits per heavy atom. The van der Waals surface area contributed by atoms with Gasteiger partial charge < -0.3 is 14.6 Å². The summed E-state index contributed by atoms with van der Waals surface area (Å²) in [6.07, 6.45) is 1.25. The van der Waals surface area contributed by atoms with Crippen LogP contribution in [0.5, 0.6) is 11.5 Å². The molecule has 0 saturated carbocycles. The molecule has 0 aromatic heterocycles. The van der Waals surface area contributed by atoms with Gasteiger partial charge in [0, 0.05) is 10.6 Å². The molecule has 1 unspecified atom stereocenters. The zero-order chi connectivity index (χ0) is 20.1. The van der Waals surface area contributed by atoms with Crippen molar-refractivity contribution in [2.75, 3.05) is 26.8 Å². The summed E-state index contributed by atoms with van der Waals surface area (Å²) < 4.78 is 11.3. The van der Waals surface area contributed by atoms with Crippen LogP contribution in [-0.4, -0.2) is 42.8 Å². The molecule has 1 N–H and O–H groups in total. The molecule has 150 valence electrons. The van der Waals surface area contributed by atoms with Gasteiger partial charge in [-0.3, -0.25) is 9.69 Å². The number of ether oxygens (including phenoxy) is 2.